The molecule has 7 nitrogen and oxygen atoms in total. The quantitative estimate of drug-likeness (QED) is 0.588. The van der Waals surface area contributed by atoms with Gasteiger partial charge in [0.15, 0.2) is 0 Å². The maximum absolute atomic E-state index is 12.3. The van der Waals surface area contributed by atoms with Gasteiger partial charge in [-0.2, -0.15) is 0 Å². The number of hydrogen-bond donors (Lipinski definition) is 0. The third-order valence-corrected chi connectivity index (χ3v) is 4.31. The molecule has 0 aliphatic carbocycles. The van der Waals surface area contributed by atoms with Crippen molar-refractivity contribution in [2.75, 3.05) is 50.7 Å². The molecule has 126 valence electrons. The van der Waals surface area contributed by atoms with Gasteiger partial charge in [-0.25, -0.2) is 0 Å². The lowest BCUT2D eigenvalue weighted by atomic mass is 10.2. The zero-order chi connectivity index (χ0) is 16.8. The Morgan fingerprint density at radius 3 is 2.17 bits per heavy atom. The first-order valence-electron chi connectivity index (χ1n) is 8.04. The highest BCUT2D eigenvalue weighted by atomic mass is 16.6. The van der Waals surface area contributed by atoms with E-state index >= 15 is 0 Å². The van der Waals surface area contributed by atoms with Crippen molar-refractivity contribution in [3.8, 4) is 0 Å². The minimum Gasteiger partial charge on any atom is -0.368 e. The minimum absolute atomic E-state index is 0.0989. The van der Waals surface area contributed by atoms with Gasteiger partial charge in [0.1, 0.15) is 0 Å². The van der Waals surface area contributed by atoms with Crippen molar-refractivity contribution in [2.45, 2.75) is 13.8 Å². The normalized spacial score (nSPS) is 15.1. The van der Waals surface area contributed by atoms with E-state index in [2.05, 4.69) is 23.6 Å². The molecule has 1 heterocycles. The van der Waals surface area contributed by atoms with Crippen molar-refractivity contribution < 1.29 is 9.72 Å². The number of carbonyl (C=O) groups excluding carboxylic acids is 1. The summed E-state index contributed by atoms with van der Waals surface area (Å²) in [6.45, 7) is 9.24. The van der Waals surface area contributed by atoms with E-state index in [4.69, 9.17) is 0 Å². The Balaban J connectivity index is 1.88. The van der Waals surface area contributed by atoms with Crippen LogP contribution in [-0.4, -0.2) is 66.4 Å². The molecule has 0 bridgehead atoms. The number of carbonyl (C=O) groups is 1. The third kappa shape index (κ3) is 4.41. The SMILES string of the molecule is CCN(CC)CC(=O)N1CCN(c2ccc([N+](=O)[O-])cc2)CC1. The number of nitro groups is 1. The van der Waals surface area contributed by atoms with Gasteiger partial charge in [-0.3, -0.25) is 19.8 Å². The van der Waals surface area contributed by atoms with E-state index in [0.29, 0.717) is 19.6 Å². The highest BCUT2D eigenvalue weighted by molar-refractivity contribution is 5.78. The van der Waals surface area contributed by atoms with Crippen LogP contribution >= 0.6 is 0 Å². The smallest absolute Gasteiger partial charge is 0.269 e. The molecule has 1 aliphatic heterocycles. The summed E-state index contributed by atoms with van der Waals surface area (Å²) in [7, 11) is 0. The second-order valence-corrected chi connectivity index (χ2v) is 5.60. The second-order valence-electron chi connectivity index (χ2n) is 5.60. The fourth-order valence-electron chi connectivity index (χ4n) is 2.74. The van der Waals surface area contributed by atoms with Gasteiger partial charge in [-0.1, -0.05) is 13.8 Å². The Labute approximate surface area is 136 Å². The van der Waals surface area contributed by atoms with Gasteiger partial charge in [0.25, 0.3) is 5.69 Å². The van der Waals surface area contributed by atoms with Crippen LogP contribution in [0.1, 0.15) is 13.8 Å². The zero-order valence-electron chi connectivity index (χ0n) is 13.8. The number of rotatable bonds is 6. The van der Waals surface area contributed by atoms with E-state index in [1.807, 2.05) is 4.90 Å². The van der Waals surface area contributed by atoms with Crippen LogP contribution in [0.5, 0.6) is 0 Å². The summed E-state index contributed by atoms with van der Waals surface area (Å²) in [5.41, 5.74) is 1.06. The summed E-state index contributed by atoms with van der Waals surface area (Å²) >= 11 is 0. The highest BCUT2D eigenvalue weighted by Gasteiger charge is 2.22. The number of likely N-dealkylation sites (N-methyl/N-ethyl adjacent to an activating group) is 1. The second kappa shape index (κ2) is 7.92. The molecule has 1 aliphatic rings. The van der Waals surface area contributed by atoms with Crippen LogP contribution in [0.25, 0.3) is 0 Å². The molecule has 1 aromatic carbocycles. The van der Waals surface area contributed by atoms with Crippen LogP contribution in [0.3, 0.4) is 0 Å². The van der Waals surface area contributed by atoms with E-state index in [9.17, 15) is 14.9 Å². The molecule has 1 amide bonds. The lowest BCUT2D eigenvalue weighted by Crippen LogP contribution is -2.51. The summed E-state index contributed by atoms with van der Waals surface area (Å²) in [5.74, 6) is 0.178. The zero-order valence-corrected chi connectivity index (χ0v) is 13.8. The summed E-state index contributed by atoms with van der Waals surface area (Å²) in [4.78, 5) is 28.7. The topological polar surface area (TPSA) is 69.9 Å². The molecule has 0 saturated carbocycles. The first-order chi connectivity index (χ1) is 11.0. The van der Waals surface area contributed by atoms with E-state index < -0.39 is 4.92 Å². The van der Waals surface area contributed by atoms with Crippen LogP contribution in [0, 0.1) is 10.1 Å². The van der Waals surface area contributed by atoms with Gasteiger partial charge in [-0.05, 0) is 25.2 Å². The Morgan fingerprint density at radius 2 is 1.70 bits per heavy atom. The minimum atomic E-state index is -0.395. The third-order valence-electron chi connectivity index (χ3n) is 4.31. The van der Waals surface area contributed by atoms with Crippen molar-refractivity contribution in [3.05, 3.63) is 34.4 Å². The molecule has 2 rings (SSSR count). The van der Waals surface area contributed by atoms with Gasteiger partial charge >= 0.3 is 0 Å². The summed E-state index contributed by atoms with van der Waals surface area (Å²) < 4.78 is 0. The number of piperazine rings is 1. The molecule has 1 fully saturated rings. The summed E-state index contributed by atoms with van der Waals surface area (Å²) in [5, 5.41) is 10.7. The Hall–Kier alpha value is -2.15. The number of amides is 1. The van der Waals surface area contributed by atoms with Gasteiger partial charge in [-0.15, -0.1) is 0 Å². The number of anilines is 1. The molecule has 0 aromatic heterocycles. The molecular formula is C16H24N4O3. The molecule has 0 unspecified atom stereocenters. The fraction of sp³-hybridized carbons (Fsp3) is 0.562. The Bertz CT molecular complexity index is 535. The molecule has 0 atom stereocenters. The predicted molar refractivity (Wildman–Crippen MR) is 89.7 cm³/mol. The van der Waals surface area contributed by atoms with Crippen LogP contribution in [0.15, 0.2) is 24.3 Å². The maximum Gasteiger partial charge on any atom is 0.269 e. The van der Waals surface area contributed by atoms with Gasteiger partial charge in [0.2, 0.25) is 5.91 Å². The van der Waals surface area contributed by atoms with Gasteiger partial charge in [0, 0.05) is 44.0 Å². The number of hydrogen-bond acceptors (Lipinski definition) is 5. The van der Waals surface area contributed by atoms with Crippen molar-refractivity contribution >= 4 is 17.3 Å². The monoisotopic (exact) mass is 320 g/mol. The largest absolute Gasteiger partial charge is 0.368 e. The number of benzene rings is 1. The summed E-state index contributed by atoms with van der Waals surface area (Å²) in [6.07, 6.45) is 0. The Morgan fingerprint density at radius 1 is 1.13 bits per heavy atom. The first-order valence-corrected chi connectivity index (χ1v) is 8.04. The fourth-order valence-corrected chi connectivity index (χ4v) is 2.74. The van der Waals surface area contributed by atoms with Crippen molar-refractivity contribution in [2.24, 2.45) is 0 Å². The highest BCUT2D eigenvalue weighted by Crippen LogP contribution is 2.20. The number of nitro benzene ring substituents is 1. The first kappa shape index (κ1) is 17.2. The summed E-state index contributed by atoms with van der Waals surface area (Å²) in [6, 6.07) is 6.58. The average molecular weight is 320 g/mol. The van der Waals surface area contributed by atoms with Crippen molar-refractivity contribution in [1.29, 1.82) is 0 Å². The van der Waals surface area contributed by atoms with Crippen molar-refractivity contribution in [1.82, 2.24) is 9.80 Å². The average Bonchev–Trinajstić information content (AvgIpc) is 2.59. The van der Waals surface area contributed by atoms with E-state index in [0.717, 1.165) is 31.9 Å². The molecule has 0 spiro atoms. The van der Waals surface area contributed by atoms with E-state index in [-0.39, 0.29) is 11.6 Å². The van der Waals surface area contributed by atoms with E-state index in [1.54, 1.807) is 12.1 Å². The molecule has 7 heteroatoms. The van der Waals surface area contributed by atoms with Crippen molar-refractivity contribution in [3.63, 3.8) is 0 Å². The maximum atomic E-state index is 12.3. The standard InChI is InChI=1S/C16H24N4O3/c1-3-17(4-2)13-16(21)19-11-9-18(10-12-19)14-5-7-15(8-6-14)20(22)23/h5-8H,3-4,9-13H2,1-2H3. The Kier molecular flexibility index (Phi) is 5.92. The van der Waals surface area contributed by atoms with E-state index in [1.165, 1.54) is 12.1 Å². The molecule has 23 heavy (non-hydrogen) atoms. The lowest BCUT2D eigenvalue weighted by Gasteiger charge is -2.36. The lowest BCUT2D eigenvalue weighted by molar-refractivity contribution is -0.384. The molecule has 0 radical (unpaired) electrons. The number of nitrogens with zero attached hydrogens (tertiary/aromatic N) is 4. The molecule has 1 aromatic rings. The molecular weight excluding hydrogens is 296 g/mol. The van der Waals surface area contributed by atoms with Crippen LogP contribution in [0.4, 0.5) is 11.4 Å². The van der Waals surface area contributed by atoms with Crippen LogP contribution < -0.4 is 4.90 Å². The van der Waals surface area contributed by atoms with Crippen LogP contribution in [0.2, 0.25) is 0 Å². The number of non-ortho nitro benzene ring substituents is 1. The molecule has 1 saturated heterocycles. The van der Waals surface area contributed by atoms with Gasteiger partial charge in [0.05, 0.1) is 11.5 Å². The van der Waals surface area contributed by atoms with Crippen LogP contribution in [-0.2, 0) is 4.79 Å². The predicted octanol–water partition coefficient (Wildman–Crippen LogP) is 1.59. The van der Waals surface area contributed by atoms with Gasteiger partial charge < -0.3 is 9.80 Å². The molecule has 0 N–H and O–H groups in total.